The SMILES string of the molecule is CN1CCN(C(/C=C\c2ccccc2)CN)CC1. The summed E-state index contributed by atoms with van der Waals surface area (Å²) in [6, 6.07) is 10.8. The first kappa shape index (κ1) is 13.3. The Morgan fingerprint density at radius 1 is 1.17 bits per heavy atom. The van der Waals surface area contributed by atoms with Crippen molar-refractivity contribution in [3.05, 3.63) is 42.0 Å². The normalized spacial score (nSPS) is 20.3. The molecule has 1 aliphatic heterocycles. The molecular formula is C15H23N3. The molecule has 0 aromatic heterocycles. The number of nitrogens with zero attached hydrogens (tertiary/aromatic N) is 2. The summed E-state index contributed by atoms with van der Waals surface area (Å²) in [6.07, 6.45) is 4.41. The minimum Gasteiger partial charge on any atom is -0.329 e. The average Bonchev–Trinajstić information content (AvgIpc) is 2.42. The Labute approximate surface area is 110 Å². The van der Waals surface area contributed by atoms with Gasteiger partial charge in [0.1, 0.15) is 0 Å². The Balaban J connectivity index is 1.95. The van der Waals surface area contributed by atoms with Crippen molar-refractivity contribution in [3.8, 4) is 0 Å². The fourth-order valence-corrected chi connectivity index (χ4v) is 2.29. The lowest BCUT2D eigenvalue weighted by Gasteiger charge is -2.36. The standard InChI is InChI=1S/C15H23N3/c1-17-9-11-18(12-10-17)15(13-16)8-7-14-5-3-2-4-6-14/h2-8,15H,9-13,16H2,1H3/b8-7-. The van der Waals surface area contributed by atoms with Crippen molar-refractivity contribution in [2.75, 3.05) is 39.8 Å². The molecule has 0 amide bonds. The minimum atomic E-state index is 0.360. The molecule has 0 spiro atoms. The smallest absolute Gasteiger partial charge is 0.0405 e. The van der Waals surface area contributed by atoms with E-state index in [9.17, 15) is 0 Å². The van der Waals surface area contributed by atoms with Crippen LogP contribution in [0.4, 0.5) is 0 Å². The fourth-order valence-electron chi connectivity index (χ4n) is 2.29. The van der Waals surface area contributed by atoms with Crippen molar-refractivity contribution in [3.63, 3.8) is 0 Å². The molecule has 2 N–H and O–H groups in total. The van der Waals surface area contributed by atoms with Gasteiger partial charge in [0.25, 0.3) is 0 Å². The highest BCUT2D eigenvalue weighted by molar-refractivity contribution is 5.49. The molecule has 0 radical (unpaired) electrons. The van der Waals surface area contributed by atoms with Gasteiger partial charge >= 0.3 is 0 Å². The Hall–Kier alpha value is -1.16. The third-order valence-electron chi connectivity index (χ3n) is 3.56. The number of likely N-dealkylation sites (N-methyl/N-ethyl adjacent to an activating group) is 1. The summed E-state index contributed by atoms with van der Waals surface area (Å²) in [5, 5.41) is 0. The molecule has 0 saturated carbocycles. The van der Waals surface area contributed by atoms with Crippen LogP contribution in [-0.2, 0) is 0 Å². The van der Waals surface area contributed by atoms with E-state index in [0.29, 0.717) is 12.6 Å². The molecule has 0 aliphatic carbocycles. The molecule has 18 heavy (non-hydrogen) atoms. The predicted octanol–water partition coefficient (Wildman–Crippen LogP) is 1.27. The Morgan fingerprint density at radius 2 is 1.83 bits per heavy atom. The lowest BCUT2D eigenvalue weighted by atomic mass is 10.1. The van der Waals surface area contributed by atoms with Crippen molar-refractivity contribution < 1.29 is 0 Å². The summed E-state index contributed by atoms with van der Waals surface area (Å²) in [5.74, 6) is 0. The van der Waals surface area contributed by atoms with Crippen LogP contribution in [0.3, 0.4) is 0 Å². The predicted molar refractivity (Wildman–Crippen MR) is 77.4 cm³/mol. The van der Waals surface area contributed by atoms with Crippen molar-refractivity contribution in [2.45, 2.75) is 6.04 Å². The van der Waals surface area contributed by atoms with Gasteiger partial charge in [-0.25, -0.2) is 0 Å². The van der Waals surface area contributed by atoms with E-state index >= 15 is 0 Å². The quantitative estimate of drug-likeness (QED) is 0.867. The fraction of sp³-hybridized carbons (Fsp3) is 0.467. The topological polar surface area (TPSA) is 32.5 Å². The average molecular weight is 245 g/mol. The van der Waals surface area contributed by atoms with Crippen LogP contribution in [0.15, 0.2) is 36.4 Å². The second kappa shape index (κ2) is 6.69. The van der Waals surface area contributed by atoms with E-state index < -0.39 is 0 Å². The molecule has 2 rings (SSSR count). The van der Waals surface area contributed by atoms with Crippen LogP contribution in [0, 0.1) is 0 Å². The first-order chi connectivity index (χ1) is 8.79. The first-order valence-electron chi connectivity index (χ1n) is 6.65. The van der Waals surface area contributed by atoms with Gasteiger partial charge in [0.05, 0.1) is 0 Å². The van der Waals surface area contributed by atoms with Crippen LogP contribution in [-0.4, -0.2) is 55.6 Å². The van der Waals surface area contributed by atoms with Crippen molar-refractivity contribution in [1.29, 1.82) is 0 Å². The zero-order valence-electron chi connectivity index (χ0n) is 11.1. The zero-order valence-corrected chi connectivity index (χ0v) is 11.1. The molecule has 3 heteroatoms. The van der Waals surface area contributed by atoms with Gasteiger partial charge in [0.2, 0.25) is 0 Å². The third kappa shape index (κ3) is 3.67. The summed E-state index contributed by atoms with van der Waals surface area (Å²) in [7, 11) is 2.18. The van der Waals surface area contributed by atoms with Crippen LogP contribution in [0.5, 0.6) is 0 Å². The maximum absolute atomic E-state index is 5.90. The molecule has 1 atom stereocenters. The van der Waals surface area contributed by atoms with E-state index in [1.165, 1.54) is 5.56 Å². The van der Waals surface area contributed by atoms with Crippen LogP contribution < -0.4 is 5.73 Å². The van der Waals surface area contributed by atoms with Crippen molar-refractivity contribution in [1.82, 2.24) is 9.80 Å². The first-order valence-corrected chi connectivity index (χ1v) is 6.65. The van der Waals surface area contributed by atoms with Gasteiger partial charge in [0, 0.05) is 38.8 Å². The number of benzene rings is 1. The van der Waals surface area contributed by atoms with Gasteiger partial charge in [-0.2, -0.15) is 0 Å². The number of hydrogen-bond acceptors (Lipinski definition) is 3. The van der Waals surface area contributed by atoms with Crippen LogP contribution in [0.2, 0.25) is 0 Å². The Morgan fingerprint density at radius 3 is 2.44 bits per heavy atom. The number of nitrogens with two attached hydrogens (primary N) is 1. The third-order valence-corrected chi connectivity index (χ3v) is 3.56. The van der Waals surface area contributed by atoms with Gasteiger partial charge in [-0.05, 0) is 12.6 Å². The summed E-state index contributed by atoms with van der Waals surface area (Å²) in [6.45, 7) is 5.17. The number of rotatable bonds is 4. The van der Waals surface area contributed by atoms with Crippen LogP contribution in [0.25, 0.3) is 6.08 Å². The van der Waals surface area contributed by atoms with E-state index in [0.717, 1.165) is 26.2 Å². The van der Waals surface area contributed by atoms with E-state index in [1.807, 2.05) is 6.07 Å². The van der Waals surface area contributed by atoms with E-state index in [4.69, 9.17) is 5.73 Å². The molecule has 1 unspecified atom stereocenters. The van der Waals surface area contributed by atoms with Gasteiger partial charge in [-0.15, -0.1) is 0 Å². The van der Waals surface area contributed by atoms with Gasteiger partial charge in [-0.1, -0.05) is 42.5 Å². The summed E-state index contributed by atoms with van der Waals surface area (Å²) >= 11 is 0. The number of hydrogen-bond donors (Lipinski definition) is 1. The Bertz CT molecular complexity index is 367. The van der Waals surface area contributed by atoms with E-state index in [1.54, 1.807) is 0 Å². The zero-order chi connectivity index (χ0) is 12.8. The van der Waals surface area contributed by atoms with E-state index in [-0.39, 0.29) is 0 Å². The monoisotopic (exact) mass is 245 g/mol. The number of piperazine rings is 1. The molecule has 1 fully saturated rings. The molecule has 1 heterocycles. The lowest BCUT2D eigenvalue weighted by Crippen LogP contribution is -2.50. The second-order valence-electron chi connectivity index (χ2n) is 4.91. The molecule has 3 nitrogen and oxygen atoms in total. The summed E-state index contributed by atoms with van der Waals surface area (Å²) in [4.78, 5) is 4.84. The maximum atomic E-state index is 5.90. The minimum absolute atomic E-state index is 0.360. The molecule has 1 aliphatic rings. The molecule has 1 aromatic rings. The van der Waals surface area contributed by atoms with Gasteiger partial charge in [-0.3, -0.25) is 4.90 Å². The van der Waals surface area contributed by atoms with Crippen LogP contribution in [0.1, 0.15) is 5.56 Å². The van der Waals surface area contributed by atoms with Gasteiger partial charge in [0.15, 0.2) is 0 Å². The largest absolute Gasteiger partial charge is 0.329 e. The highest BCUT2D eigenvalue weighted by atomic mass is 15.3. The molecule has 1 aromatic carbocycles. The second-order valence-corrected chi connectivity index (χ2v) is 4.91. The summed E-state index contributed by atoms with van der Waals surface area (Å²) in [5.41, 5.74) is 7.14. The van der Waals surface area contributed by atoms with Crippen molar-refractivity contribution >= 4 is 6.08 Å². The summed E-state index contributed by atoms with van der Waals surface area (Å²) < 4.78 is 0. The van der Waals surface area contributed by atoms with E-state index in [2.05, 4.69) is 53.3 Å². The molecule has 1 saturated heterocycles. The van der Waals surface area contributed by atoms with Gasteiger partial charge < -0.3 is 10.6 Å². The highest BCUT2D eigenvalue weighted by Gasteiger charge is 2.19. The molecule has 98 valence electrons. The molecule has 0 bridgehead atoms. The van der Waals surface area contributed by atoms with Crippen LogP contribution >= 0.6 is 0 Å². The Kier molecular flexibility index (Phi) is 4.93. The maximum Gasteiger partial charge on any atom is 0.0405 e. The highest BCUT2D eigenvalue weighted by Crippen LogP contribution is 2.08. The van der Waals surface area contributed by atoms with Crippen molar-refractivity contribution in [2.24, 2.45) is 5.73 Å². The molecular weight excluding hydrogens is 222 g/mol. The lowest BCUT2D eigenvalue weighted by molar-refractivity contribution is 0.133.